The summed E-state index contributed by atoms with van der Waals surface area (Å²) >= 11 is 6.09. The van der Waals surface area contributed by atoms with Gasteiger partial charge in [0, 0.05) is 19.0 Å². The highest BCUT2D eigenvalue weighted by atomic mass is 35.5. The molecule has 1 aliphatic rings. The van der Waals surface area contributed by atoms with E-state index in [4.69, 9.17) is 11.6 Å². The summed E-state index contributed by atoms with van der Waals surface area (Å²) in [6, 6.07) is 0. The first-order valence-electron chi connectivity index (χ1n) is 5.71. The molecular formula is C12H22ClN. The molecule has 0 aromatic carbocycles. The van der Waals surface area contributed by atoms with Gasteiger partial charge in [0.1, 0.15) is 0 Å². The van der Waals surface area contributed by atoms with E-state index >= 15 is 0 Å². The molecule has 0 saturated heterocycles. The fraction of sp³-hybridized carbons (Fsp3) is 0.833. The zero-order chi connectivity index (χ0) is 10.3. The summed E-state index contributed by atoms with van der Waals surface area (Å²) in [6.45, 7) is 4.12. The largest absolute Gasteiger partial charge is 0.313 e. The minimum absolute atomic E-state index is 0.390. The number of hydrogen-bond donors (Lipinski definition) is 1. The molecule has 0 aromatic rings. The predicted octanol–water partition coefficient (Wildman–Crippen LogP) is 3.34. The summed E-state index contributed by atoms with van der Waals surface area (Å²) in [5.41, 5.74) is 0.390. The second-order valence-corrected chi connectivity index (χ2v) is 4.66. The zero-order valence-corrected chi connectivity index (χ0v) is 9.95. The first kappa shape index (κ1) is 12.1. The lowest BCUT2D eigenvalue weighted by Crippen LogP contribution is -2.37. The Morgan fingerprint density at radius 3 is 2.57 bits per heavy atom. The molecule has 1 fully saturated rings. The molecule has 14 heavy (non-hydrogen) atoms. The Hall–Kier alpha value is -0.0100. The summed E-state index contributed by atoms with van der Waals surface area (Å²) in [5, 5.41) is 3.48. The van der Waals surface area contributed by atoms with E-state index < -0.39 is 0 Å². The van der Waals surface area contributed by atoms with Gasteiger partial charge in [-0.1, -0.05) is 31.4 Å². The number of halogens is 1. The van der Waals surface area contributed by atoms with Gasteiger partial charge in [-0.3, -0.25) is 0 Å². The normalized spacial score (nSPS) is 21.6. The van der Waals surface area contributed by atoms with Crippen molar-refractivity contribution in [3.05, 3.63) is 12.2 Å². The predicted molar refractivity (Wildman–Crippen MR) is 63.9 cm³/mol. The fourth-order valence-corrected chi connectivity index (χ4v) is 2.56. The van der Waals surface area contributed by atoms with Crippen molar-refractivity contribution in [2.75, 3.05) is 19.0 Å². The van der Waals surface area contributed by atoms with Crippen LogP contribution in [0.25, 0.3) is 0 Å². The van der Waals surface area contributed by atoms with Crippen LogP contribution in [0.2, 0.25) is 0 Å². The van der Waals surface area contributed by atoms with E-state index in [0.29, 0.717) is 5.41 Å². The molecule has 1 aliphatic carbocycles. The van der Waals surface area contributed by atoms with Crippen LogP contribution in [0.3, 0.4) is 0 Å². The van der Waals surface area contributed by atoms with Crippen molar-refractivity contribution >= 4 is 11.6 Å². The highest BCUT2D eigenvalue weighted by molar-refractivity contribution is 6.18. The van der Waals surface area contributed by atoms with Gasteiger partial charge in [-0.05, 0) is 25.2 Å². The zero-order valence-electron chi connectivity index (χ0n) is 9.19. The molecule has 0 amide bonds. The number of alkyl halides is 1. The van der Waals surface area contributed by atoms with Crippen LogP contribution in [0.1, 0.15) is 39.0 Å². The van der Waals surface area contributed by atoms with Crippen molar-refractivity contribution < 1.29 is 0 Å². The van der Waals surface area contributed by atoms with Gasteiger partial charge in [-0.25, -0.2) is 0 Å². The van der Waals surface area contributed by atoms with Gasteiger partial charge >= 0.3 is 0 Å². The molecule has 1 rings (SSSR count). The summed E-state index contributed by atoms with van der Waals surface area (Å²) < 4.78 is 0. The molecule has 0 spiro atoms. The average molecular weight is 216 g/mol. The summed E-state index contributed by atoms with van der Waals surface area (Å²) in [7, 11) is 0. The first-order valence-corrected chi connectivity index (χ1v) is 6.24. The number of allylic oxidation sites excluding steroid dienone is 1. The van der Waals surface area contributed by atoms with Crippen molar-refractivity contribution in [3.63, 3.8) is 0 Å². The lowest BCUT2D eigenvalue weighted by molar-refractivity contribution is 0.215. The SMILES string of the molecule is C/C=C/CNCC1(CCl)CCCCC1. The molecule has 0 atom stereocenters. The Morgan fingerprint density at radius 1 is 1.29 bits per heavy atom. The van der Waals surface area contributed by atoms with E-state index in [0.717, 1.165) is 19.0 Å². The third-order valence-corrected chi connectivity index (χ3v) is 3.76. The van der Waals surface area contributed by atoms with Crippen molar-refractivity contribution in [1.29, 1.82) is 0 Å². The average Bonchev–Trinajstić information content (AvgIpc) is 2.26. The van der Waals surface area contributed by atoms with E-state index in [1.165, 1.54) is 32.1 Å². The Kier molecular flexibility index (Phi) is 5.57. The minimum atomic E-state index is 0.390. The van der Waals surface area contributed by atoms with E-state index in [1.54, 1.807) is 0 Å². The van der Waals surface area contributed by atoms with Crippen molar-refractivity contribution in [2.45, 2.75) is 39.0 Å². The van der Waals surface area contributed by atoms with Crippen LogP contribution in [0.15, 0.2) is 12.2 Å². The van der Waals surface area contributed by atoms with Gasteiger partial charge in [0.25, 0.3) is 0 Å². The lowest BCUT2D eigenvalue weighted by atomic mass is 9.75. The molecule has 1 saturated carbocycles. The molecule has 2 heteroatoms. The van der Waals surface area contributed by atoms with E-state index in [1.807, 2.05) is 0 Å². The van der Waals surface area contributed by atoms with Gasteiger partial charge in [0.05, 0.1) is 0 Å². The molecule has 1 nitrogen and oxygen atoms in total. The standard InChI is InChI=1S/C12H22ClN/c1-2-3-9-14-11-12(10-13)7-5-4-6-8-12/h2-3,14H,4-11H2,1H3/b3-2+. The maximum Gasteiger partial charge on any atom is 0.0292 e. The molecular weight excluding hydrogens is 194 g/mol. The number of nitrogens with one attached hydrogen (secondary N) is 1. The lowest BCUT2D eigenvalue weighted by Gasteiger charge is -2.35. The molecule has 1 N–H and O–H groups in total. The van der Waals surface area contributed by atoms with Crippen LogP contribution in [0.4, 0.5) is 0 Å². The smallest absolute Gasteiger partial charge is 0.0292 e. The summed E-state index contributed by atoms with van der Waals surface area (Å²) in [4.78, 5) is 0. The molecule has 0 heterocycles. The maximum atomic E-state index is 6.09. The van der Waals surface area contributed by atoms with Crippen molar-refractivity contribution in [1.82, 2.24) is 5.32 Å². The van der Waals surface area contributed by atoms with Gasteiger partial charge in [0.15, 0.2) is 0 Å². The van der Waals surface area contributed by atoms with Crippen LogP contribution in [0.5, 0.6) is 0 Å². The van der Waals surface area contributed by atoms with E-state index in [9.17, 15) is 0 Å². The highest BCUT2D eigenvalue weighted by Gasteiger charge is 2.30. The van der Waals surface area contributed by atoms with Crippen molar-refractivity contribution in [2.24, 2.45) is 5.41 Å². The van der Waals surface area contributed by atoms with E-state index in [2.05, 4.69) is 24.4 Å². The first-order chi connectivity index (χ1) is 6.83. The second kappa shape index (κ2) is 6.47. The minimum Gasteiger partial charge on any atom is -0.313 e. The van der Waals surface area contributed by atoms with Gasteiger partial charge < -0.3 is 5.32 Å². The molecule has 0 bridgehead atoms. The summed E-state index contributed by atoms with van der Waals surface area (Å²) in [6.07, 6.45) is 11.0. The van der Waals surface area contributed by atoms with Crippen LogP contribution < -0.4 is 5.32 Å². The van der Waals surface area contributed by atoms with Gasteiger partial charge in [0.2, 0.25) is 0 Å². The van der Waals surface area contributed by atoms with Crippen molar-refractivity contribution in [3.8, 4) is 0 Å². The van der Waals surface area contributed by atoms with Gasteiger partial charge in [-0.2, -0.15) is 0 Å². The Morgan fingerprint density at radius 2 is 2.00 bits per heavy atom. The van der Waals surface area contributed by atoms with Crippen LogP contribution in [-0.4, -0.2) is 19.0 Å². The topological polar surface area (TPSA) is 12.0 Å². The monoisotopic (exact) mass is 215 g/mol. The number of rotatable bonds is 5. The summed E-state index contributed by atoms with van der Waals surface area (Å²) in [5.74, 6) is 0.815. The quantitative estimate of drug-likeness (QED) is 0.422. The Balaban J connectivity index is 2.28. The second-order valence-electron chi connectivity index (χ2n) is 4.39. The Labute approximate surface area is 92.9 Å². The van der Waals surface area contributed by atoms with Crippen LogP contribution in [-0.2, 0) is 0 Å². The van der Waals surface area contributed by atoms with E-state index in [-0.39, 0.29) is 0 Å². The van der Waals surface area contributed by atoms with Crippen LogP contribution >= 0.6 is 11.6 Å². The maximum absolute atomic E-state index is 6.09. The molecule has 0 aromatic heterocycles. The van der Waals surface area contributed by atoms with Gasteiger partial charge in [-0.15, -0.1) is 11.6 Å². The molecule has 82 valence electrons. The Bertz CT molecular complexity index is 171. The number of hydrogen-bond acceptors (Lipinski definition) is 1. The third-order valence-electron chi connectivity index (χ3n) is 3.20. The molecule has 0 aliphatic heterocycles. The fourth-order valence-electron chi connectivity index (χ4n) is 2.20. The third kappa shape index (κ3) is 3.62. The highest BCUT2D eigenvalue weighted by Crippen LogP contribution is 2.36. The molecule has 0 radical (unpaired) electrons. The molecule has 0 unspecified atom stereocenters. The van der Waals surface area contributed by atoms with Crippen LogP contribution in [0, 0.1) is 5.41 Å².